The molecule has 0 spiro atoms. The van der Waals surface area contributed by atoms with E-state index < -0.39 is 0 Å². The highest BCUT2D eigenvalue weighted by atomic mass is 16.3. The quantitative estimate of drug-likeness (QED) is 0.826. The van der Waals surface area contributed by atoms with Crippen molar-refractivity contribution < 1.29 is 9.90 Å². The number of hydrogen-bond donors (Lipinski definition) is 1. The lowest BCUT2D eigenvalue weighted by Crippen LogP contribution is -2.36. The van der Waals surface area contributed by atoms with E-state index >= 15 is 0 Å². The zero-order valence-electron chi connectivity index (χ0n) is 15.3. The van der Waals surface area contributed by atoms with E-state index in [9.17, 15) is 9.90 Å². The molecule has 1 aliphatic heterocycles. The number of benzene rings is 1. The minimum absolute atomic E-state index is 0.00323. The van der Waals surface area contributed by atoms with Gasteiger partial charge in [0, 0.05) is 37.4 Å². The number of nitrogens with zero attached hydrogens (tertiary/aromatic N) is 3. The Morgan fingerprint density at radius 1 is 1.28 bits per heavy atom. The molecule has 1 N–H and O–H groups in total. The summed E-state index contributed by atoms with van der Waals surface area (Å²) in [6, 6.07) is 9.84. The van der Waals surface area contributed by atoms with Gasteiger partial charge in [-0.15, -0.1) is 0 Å². The molecule has 25 heavy (non-hydrogen) atoms. The fraction of sp³-hybridized carbons (Fsp3) is 0.600. The SMILES string of the molecule is CC(C)CCN(CCC#N)C(=O)c1ccc(N2CCC(O)CC2)cc1. The molecule has 0 radical (unpaired) electrons. The summed E-state index contributed by atoms with van der Waals surface area (Å²) in [6.45, 7) is 7.13. The van der Waals surface area contributed by atoms with Crippen LogP contribution in [0, 0.1) is 17.2 Å². The van der Waals surface area contributed by atoms with Crippen LogP contribution in [-0.2, 0) is 0 Å². The Morgan fingerprint density at radius 3 is 2.48 bits per heavy atom. The fourth-order valence-corrected chi connectivity index (χ4v) is 3.04. The van der Waals surface area contributed by atoms with Crippen molar-refractivity contribution in [1.29, 1.82) is 5.26 Å². The topological polar surface area (TPSA) is 67.6 Å². The molecule has 1 aromatic carbocycles. The summed E-state index contributed by atoms with van der Waals surface area (Å²) >= 11 is 0. The number of nitriles is 1. The third kappa shape index (κ3) is 5.75. The lowest BCUT2D eigenvalue weighted by atomic mass is 10.1. The van der Waals surface area contributed by atoms with Gasteiger partial charge in [0.15, 0.2) is 0 Å². The number of carbonyl (C=O) groups is 1. The monoisotopic (exact) mass is 343 g/mol. The summed E-state index contributed by atoms with van der Waals surface area (Å²) < 4.78 is 0. The van der Waals surface area contributed by atoms with Gasteiger partial charge in [0.05, 0.1) is 18.6 Å². The average Bonchev–Trinajstić information content (AvgIpc) is 2.62. The maximum atomic E-state index is 12.8. The third-order valence-electron chi connectivity index (χ3n) is 4.70. The van der Waals surface area contributed by atoms with Crippen LogP contribution < -0.4 is 4.90 Å². The van der Waals surface area contributed by atoms with Gasteiger partial charge < -0.3 is 14.9 Å². The van der Waals surface area contributed by atoms with Gasteiger partial charge in [-0.05, 0) is 49.4 Å². The molecule has 0 aromatic heterocycles. The van der Waals surface area contributed by atoms with Crippen molar-refractivity contribution in [2.75, 3.05) is 31.1 Å². The molecule has 1 heterocycles. The summed E-state index contributed by atoms with van der Waals surface area (Å²) in [5, 5.41) is 18.4. The summed E-state index contributed by atoms with van der Waals surface area (Å²) in [4.78, 5) is 16.8. The molecule has 1 amide bonds. The second-order valence-corrected chi connectivity index (χ2v) is 7.15. The summed E-state index contributed by atoms with van der Waals surface area (Å²) in [7, 11) is 0. The molecule has 1 fully saturated rings. The van der Waals surface area contributed by atoms with Crippen LogP contribution in [0.5, 0.6) is 0 Å². The molecule has 0 bridgehead atoms. The molecule has 5 nitrogen and oxygen atoms in total. The maximum absolute atomic E-state index is 12.8. The van der Waals surface area contributed by atoms with Gasteiger partial charge in [0.25, 0.3) is 5.91 Å². The van der Waals surface area contributed by atoms with Crippen molar-refractivity contribution in [3.63, 3.8) is 0 Å². The average molecular weight is 343 g/mol. The van der Waals surface area contributed by atoms with Crippen molar-refractivity contribution >= 4 is 11.6 Å². The van der Waals surface area contributed by atoms with Crippen LogP contribution in [0.25, 0.3) is 0 Å². The smallest absolute Gasteiger partial charge is 0.253 e. The Morgan fingerprint density at radius 2 is 1.92 bits per heavy atom. The van der Waals surface area contributed by atoms with Crippen LogP contribution in [0.4, 0.5) is 5.69 Å². The Bertz CT molecular complexity index is 584. The number of amides is 1. The first kappa shape index (κ1) is 19.3. The van der Waals surface area contributed by atoms with Crippen LogP contribution in [-0.4, -0.2) is 48.2 Å². The molecule has 5 heteroatoms. The van der Waals surface area contributed by atoms with E-state index in [4.69, 9.17) is 5.26 Å². The van der Waals surface area contributed by atoms with Crippen molar-refractivity contribution in [2.24, 2.45) is 5.92 Å². The predicted molar refractivity (Wildman–Crippen MR) is 99.5 cm³/mol. The van der Waals surface area contributed by atoms with Gasteiger partial charge in [-0.2, -0.15) is 5.26 Å². The molecule has 0 unspecified atom stereocenters. The molecular formula is C20H29N3O2. The van der Waals surface area contributed by atoms with Crippen LogP contribution in [0.3, 0.4) is 0 Å². The maximum Gasteiger partial charge on any atom is 0.253 e. The van der Waals surface area contributed by atoms with Gasteiger partial charge in [0.1, 0.15) is 0 Å². The molecule has 1 aromatic rings. The first-order valence-corrected chi connectivity index (χ1v) is 9.20. The number of aliphatic hydroxyl groups excluding tert-OH is 1. The van der Waals surface area contributed by atoms with Gasteiger partial charge in [0.2, 0.25) is 0 Å². The van der Waals surface area contributed by atoms with E-state index in [1.54, 1.807) is 4.90 Å². The standard InChI is InChI=1S/C20H29N3O2/c1-16(2)8-13-23(12-3-11-21)20(25)17-4-6-18(7-5-17)22-14-9-19(24)10-15-22/h4-7,16,19,24H,3,8-10,12-15H2,1-2H3. The predicted octanol–water partition coefficient (Wildman–Crippen LogP) is 3.05. The van der Waals surface area contributed by atoms with E-state index in [2.05, 4.69) is 24.8 Å². The second-order valence-electron chi connectivity index (χ2n) is 7.15. The van der Waals surface area contributed by atoms with Crippen molar-refractivity contribution in [3.8, 4) is 6.07 Å². The second kappa shape index (κ2) is 9.43. The summed E-state index contributed by atoms with van der Waals surface area (Å²) in [6.07, 6.45) is 2.69. The fourth-order valence-electron chi connectivity index (χ4n) is 3.04. The lowest BCUT2D eigenvalue weighted by molar-refractivity contribution is 0.0752. The number of hydrogen-bond acceptors (Lipinski definition) is 4. The van der Waals surface area contributed by atoms with Gasteiger partial charge in [-0.25, -0.2) is 0 Å². The van der Waals surface area contributed by atoms with Crippen LogP contribution in [0.1, 0.15) is 49.9 Å². The van der Waals surface area contributed by atoms with E-state index in [0.29, 0.717) is 31.0 Å². The van der Waals surface area contributed by atoms with Gasteiger partial charge >= 0.3 is 0 Å². The van der Waals surface area contributed by atoms with Gasteiger partial charge in [-0.1, -0.05) is 13.8 Å². The minimum atomic E-state index is -0.188. The van der Waals surface area contributed by atoms with Crippen LogP contribution in [0.15, 0.2) is 24.3 Å². The zero-order valence-corrected chi connectivity index (χ0v) is 15.3. The number of aliphatic hydroxyl groups is 1. The Kier molecular flexibility index (Phi) is 7.27. The normalized spacial score (nSPS) is 15.2. The first-order valence-electron chi connectivity index (χ1n) is 9.20. The van der Waals surface area contributed by atoms with Gasteiger partial charge in [-0.3, -0.25) is 4.79 Å². The minimum Gasteiger partial charge on any atom is -0.393 e. The number of carbonyl (C=O) groups excluding carboxylic acids is 1. The highest BCUT2D eigenvalue weighted by Gasteiger charge is 2.19. The molecule has 1 aliphatic rings. The first-order chi connectivity index (χ1) is 12.0. The van der Waals surface area contributed by atoms with Crippen molar-refractivity contribution in [1.82, 2.24) is 4.90 Å². The third-order valence-corrected chi connectivity index (χ3v) is 4.70. The summed E-state index contributed by atoms with van der Waals surface area (Å²) in [5.74, 6) is 0.519. The van der Waals surface area contributed by atoms with E-state index in [-0.39, 0.29) is 12.0 Å². The molecule has 0 atom stereocenters. The van der Waals surface area contributed by atoms with Crippen molar-refractivity contribution in [3.05, 3.63) is 29.8 Å². The Balaban J connectivity index is 2.02. The van der Waals surface area contributed by atoms with Crippen LogP contribution >= 0.6 is 0 Å². The summed E-state index contributed by atoms with van der Waals surface area (Å²) in [5.41, 5.74) is 1.76. The zero-order chi connectivity index (χ0) is 18.2. The Hall–Kier alpha value is -2.06. The van der Waals surface area contributed by atoms with E-state index in [1.807, 2.05) is 24.3 Å². The molecule has 0 aliphatic carbocycles. The Labute approximate surface area is 150 Å². The number of rotatable bonds is 7. The molecule has 136 valence electrons. The van der Waals surface area contributed by atoms with Crippen LogP contribution in [0.2, 0.25) is 0 Å². The lowest BCUT2D eigenvalue weighted by Gasteiger charge is -2.31. The number of piperidine rings is 1. The highest BCUT2D eigenvalue weighted by Crippen LogP contribution is 2.21. The molecular weight excluding hydrogens is 314 g/mol. The van der Waals surface area contributed by atoms with E-state index in [0.717, 1.165) is 38.0 Å². The molecule has 1 saturated heterocycles. The van der Waals surface area contributed by atoms with Crippen molar-refractivity contribution in [2.45, 2.75) is 45.6 Å². The highest BCUT2D eigenvalue weighted by molar-refractivity contribution is 5.94. The van der Waals surface area contributed by atoms with E-state index in [1.165, 1.54) is 0 Å². The number of anilines is 1. The largest absolute Gasteiger partial charge is 0.393 e. The molecule has 0 saturated carbocycles. The molecule has 2 rings (SSSR count).